The minimum Gasteiger partial charge on any atom is -0.385 e. The van der Waals surface area contributed by atoms with Crippen molar-refractivity contribution in [3.05, 3.63) is 24.4 Å². The van der Waals surface area contributed by atoms with Crippen molar-refractivity contribution in [3.63, 3.8) is 0 Å². The average Bonchev–Trinajstić information content (AvgIpc) is 1.98. The predicted octanol–water partition coefficient (Wildman–Crippen LogP) is 2.96. The fourth-order valence-electron chi connectivity index (χ4n) is 0.828. The first kappa shape index (κ1) is 11.3. The Labute approximate surface area is 76.6 Å². The highest BCUT2D eigenvalue weighted by atomic mass is 14.9. The molecule has 0 heterocycles. The molecule has 0 amide bonds. The Balaban J connectivity index is 3.80. The molecule has 0 saturated carbocycles. The Morgan fingerprint density at radius 3 is 2.08 bits per heavy atom. The van der Waals surface area contributed by atoms with Gasteiger partial charge in [-0.15, -0.1) is 0 Å². The van der Waals surface area contributed by atoms with E-state index in [1.54, 1.807) is 0 Å². The molecular formula is C11H21N. The zero-order chi connectivity index (χ0) is 9.72. The lowest BCUT2D eigenvalue weighted by Gasteiger charge is -2.19. The smallest absolute Gasteiger partial charge is 0.0351 e. The van der Waals surface area contributed by atoms with E-state index in [1.807, 2.05) is 6.92 Å². The van der Waals surface area contributed by atoms with Gasteiger partial charge in [-0.3, -0.25) is 0 Å². The van der Waals surface area contributed by atoms with Crippen molar-refractivity contribution in [2.45, 2.75) is 27.7 Å². The molecule has 1 N–H and O–H groups in total. The van der Waals surface area contributed by atoms with E-state index in [-0.39, 0.29) is 0 Å². The number of hydrogen-bond acceptors (Lipinski definition) is 1. The van der Waals surface area contributed by atoms with Gasteiger partial charge in [0.15, 0.2) is 0 Å². The Bertz CT molecular complexity index is 168. The van der Waals surface area contributed by atoms with E-state index >= 15 is 0 Å². The van der Waals surface area contributed by atoms with Gasteiger partial charge in [0.1, 0.15) is 0 Å². The molecule has 0 aliphatic rings. The molecule has 1 nitrogen and oxygen atoms in total. The van der Waals surface area contributed by atoms with Gasteiger partial charge in [0.25, 0.3) is 0 Å². The van der Waals surface area contributed by atoms with Gasteiger partial charge in [-0.2, -0.15) is 0 Å². The van der Waals surface area contributed by atoms with Crippen LogP contribution in [-0.4, -0.2) is 6.54 Å². The molecule has 0 bridgehead atoms. The maximum atomic E-state index is 4.00. The van der Waals surface area contributed by atoms with Crippen LogP contribution in [0.2, 0.25) is 0 Å². The summed E-state index contributed by atoms with van der Waals surface area (Å²) in [6.07, 6.45) is 0. The minimum absolute atomic E-state index is 0.532. The molecule has 70 valence electrons. The van der Waals surface area contributed by atoms with Gasteiger partial charge < -0.3 is 5.32 Å². The maximum absolute atomic E-state index is 4.00. The Kier molecular flexibility index (Phi) is 4.72. The first-order valence-corrected chi connectivity index (χ1v) is 4.52. The second-order valence-electron chi connectivity index (χ2n) is 3.87. The summed E-state index contributed by atoms with van der Waals surface area (Å²) in [6, 6.07) is 0. The number of allylic oxidation sites excluding steroid dienone is 1. The molecule has 0 spiro atoms. The van der Waals surface area contributed by atoms with Gasteiger partial charge >= 0.3 is 0 Å². The van der Waals surface area contributed by atoms with E-state index in [0.29, 0.717) is 11.8 Å². The summed E-state index contributed by atoms with van der Waals surface area (Å²) in [4.78, 5) is 0. The highest BCUT2D eigenvalue weighted by Gasteiger charge is 2.09. The molecule has 0 aromatic rings. The van der Waals surface area contributed by atoms with Crippen molar-refractivity contribution in [1.29, 1.82) is 0 Å². The third-order valence-corrected chi connectivity index (χ3v) is 2.17. The summed E-state index contributed by atoms with van der Waals surface area (Å²) in [5.74, 6) is 1.18. The summed E-state index contributed by atoms with van der Waals surface area (Å²) < 4.78 is 0. The van der Waals surface area contributed by atoms with E-state index in [1.165, 1.54) is 0 Å². The summed E-state index contributed by atoms with van der Waals surface area (Å²) in [5, 5.41) is 3.27. The predicted molar refractivity (Wildman–Crippen MR) is 56.0 cm³/mol. The van der Waals surface area contributed by atoms with Crippen LogP contribution >= 0.6 is 0 Å². The normalized spacial score (nSPS) is 12.8. The van der Waals surface area contributed by atoms with E-state index in [4.69, 9.17) is 0 Å². The molecule has 0 radical (unpaired) electrons. The zero-order valence-electron chi connectivity index (χ0n) is 8.78. The molecule has 0 saturated heterocycles. The first-order chi connectivity index (χ1) is 5.45. The fourth-order valence-corrected chi connectivity index (χ4v) is 0.828. The lowest BCUT2D eigenvalue weighted by atomic mass is 9.95. The molecule has 0 aromatic heterocycles. The minimum atomic E-state index is 0.532. The van der Waals surface area contributed by atoms with E-state index in [0.717, 1.165) is 17.8 Å². The highest BCUT2D eigenvalue weighted by Crippen LogP contribution is 2.15. The van der Waals surface area contributed by atoms with Crippen LogP contribution in [0.1, 0.15) is 27.7 Å². The Hall–Kier alpha value is -0.720. The lowest BCUT2D eigenvalue weighted by molar-refractivity contribution is 0.457. The van der Waals surface area contributed by atoms with Crippen molar-refractivity contribution in [1.82, 2.24) is 5.32 Å². The first-order valence-electron chi connectivity index (χ1n) is 4.52. The topological polar surface area (TPSA) is 12.0 Å². The Morgan fingerprint density at radius 1 is 1.25 bits per heavy atom. The molecule has 12 heavy (non-hydrogen) atoms. The molecule has 1 heteroatoms. The van der Waals surface area contributed by atoms with Crippen LogP contribution < -0.4 is 5.32 Å². The van der Waals surface area contributed by atoms with Gasteiger partial charge in [0.05, 0.1) is 0 Å². The van der Waals surface area contributed by atoms with Crippen molar-refractivity contribution >= 4 is 0 Å². The van der Waals surface area contributed by atoms with Crippen molar-refractivity contribution in [3.8, 4) is 0 Å². The monoisotopic (exact) mass is 167 g/mol. The van der Waals surface area contributed by atoms with Gasteiger partial charge in [-0.1, -0.05) is 39.5 Å². The lowest BCUT2D eigenvalue weighted by Crippen LogP contribution is -2.22. The van der Waals surface area contributed by atoms with Gasteiger partial charge in [-0.05, 0) is 18.8 Å². The fraction of sp³-hybridized carbons (Fsp3) is 0.636. The maximum Gasteiger partial charge on any atom is 0.0351 e. The molecule has 1 atom stereocenters. The quantitative estimate of drug-likeness (QED) is 0.621. The van der Waals surface area contributed by atoms with Crippen molar-refractivity contribution in [2.24, 2.45) is 11.8 Å². The summed E-state index contributed by atoms with van der Waals surface area (Å²) >= 11 is 0. The third-order valence-electron chi connectivity index (χ3n) is 2.17. The van der Waals surface area contributed by atoms with Gasteiger partial charge in [0, 0.05) is 12.2 Å². The summed E-state index contributed by atoms with van der Waals surface area (Å²) in [5.41, 5.74) is 2.26. The van der Waals surface area contributed by atoms with Crippen LogP contribution in [0.4, 0.5) is 0 Å². The molecule has 0 aromatic carbocycles. The van der Waals surface area contributed by atoms with Gasteiger partial charge in [0.2, 0.25) is 0 Å². The van der Waals surface area contributed by atoms with Crippen LogP contribution in [0, 0.1) is 11.8 Å². The molecule has 1 unspecified atom stereocenters. The van der Waals surface area contributed by atoms with E-state index in [2.05, 4.69) is 39.2 Å². The van der Waals surface area contributed by atoms with E-state index in [9.17, 15) is 0 Å². The number of rotatable bonds is 5. The summed E-state index contributed by atoms with van der Waals surface area (Å²) in [7, 11) is 0. The summed E-state index contributed by atoms with van der Waals surface area (Å²) in [6.45, 7) is 17.3. The van der Waals surface area contributed by atoms with Gasteiger partial charge in [-0.25, -0.2) is 0 Å². The molecule has 0 fully saturated rings. The van der Waals surface area contributed by atoms with E-state index < -0.39 is 0 Å². The van der Waals surface area contributed by atoms with Crippen LogP contribution in [0.15, 0.2) is 24.4 Å². The standard InChI is InChI=1S/C11H21N/c1-8(2)7-12-11(6)10(5)9(3)4/h9-10,12H,1,6-7H2,2-5H3. The van der Waals surface area contributed by atoms with Crippen LogP contribution in [0.5, 0.6) is 0 Å². The molecule has 0 rings (SSSR count). The molecule has 0 aliphatic heterocycles. The second-order valence-corrected chi connectivity index (χ2v) is 3.87. The van der Waals surface area contributed by atoms with Crippen LogP contribution in [0.25, 0.3) is 0 Å². The molecular weight excluding hydrogens is 146 g/mol. The zero-order valence-corrected chi connectivity index (χ0v) is 8.78. The highest BCUT2D eigenvalue weighted by molar-refractivity contribution is 5.02. The van der Waals surface area contributed by atoms with Crippen molar-refractivity contribution in [2.75, 3.05) is 6.54 Å². The second kappa shape index (κ2) is 5.02. The SMILES string of the molecule is C=C(C)CNC(=C)C(C)C(C)C. The van der Waals surface area contributed by atoms with Crippen LogP contribution in [-0.2, 0) is 0 Å². The third kappa shape index (κ3) is 4.22. The largest absolute Gasteiger partial charge is 0.385 e. The van der Waals surface area contributed by atoms with Crippen LogP contribution in [0.3, 0.4) is 0 Å². The molecule has 0 aliphatic carbocycles. The van der Waals surface area contributed by atoms with Crippen molar-refractivity contribution < 1.29 is 0 Å². The number of nitrogens with one attached hydrogen (secondary N) is 1. The average molecular weight is 167 g/mol. The number of hydrogen-bond donors (Lipinski definition) is 1. The Morgan fingerprint density at radius 2 is 1.75 bits per heavy atom.